The molecule has 0 spiro atoms. The fourth-order valence-electron chi connectivity index (χ4n) is 3.39. The first-order valence-corrected chi connectivity index (χ1v) is 11.1. The largest absolute Gasteiger partial charge is 0.369 e. The van der Waals surface area contributed by atoms with Gasteiger partial charge in [-0.3, -0.25) is 4.79 Å². The molecule has 1 aliphatic carbocycles. The van der Waals surface area contributed by atoms with E-state index in [1.807, 2.05) is 31.2 Å². The fourth-order valence-corrected chi connectivity index (χ4v) is 4.42. The third-order valence-electron chi connectivity index (χ3n) is 4.60. The third kappa shape index (κ3) is 5.21. The predicted molar refractivity (Wildman–Crippen MR) is 103 cm³/mol. The summed E-state index contributed by atoms with van der Waals surface area (Å²) in [7, 11) is -3.12. The van der Waals surface area contributed by atoms with E-state index in [-0.39, 0.29) is 23.7 Å². The molecule has 0 heterocycles. The summed E-state index contributed by atoms with van der Waals surface area (Å²) in [6, 6.07) is 7.91. The van der Waals surface area contributed by atoms with Crippen LogP contribution in [0.2, 0.25) is 0 Å². The Balaban J connectivity index is 2.19. The van der Waals surface area contributed by atoms with Gasteiger partial charge in [-0.05, 0) is 64.8 Å². The van der Waals surface area contributed by atoms with Crippen LogP contribution >= 0.6 is 0 Å². The summed E-state index contributed by atoms with van der Waals surface area (Å²) in [5.41, 5.74) is 1.71. The summed E-state index contributed by atoms with van der Waals surface area (Å²) in [6.07, 6.45) is 3.13. The highest BCUT2D eigenvalue weighted by Gasteiger charge is 2.37. The maximum Gasteiger partial charge on any atom is 0.254 e. The van der Waals surface area contributed by atoms with Crippen molar-refractivity contribution in [2.75, 3.05) is 23.5 Å². The first-order valence-electron chi connectivity index (χ1n) is 9.01. The molecule has 0 aliphatic heterocycles. The van der Waals surface area contributed by atoms with E-state index < -0.39 is 9.84 Å². The van der Waals surface area contributed by atoms with Crippen LogP contribution in [0, 0.1) is 0 Å². The van der Waals surface area contributed by atoms with Gasteiger partial charge in [0.2, 0.25) is 0 Å². The number of carbonyl (C=O) groups is 1. The molecular weight excluding hydrogens is 336 g/mol. The summed E-state index contributed by atoms with van der Waals surface area (Å²) in [5.74, 6) is -0.0672. The zero-order chi connectivity index (χ0) is 18.8. The molecule has 0 aromatic heterocycles. The summed E-state index contributed by atoms with van der Waals surface area (Å²) >= 11 is 0. The molecule has 0 saturated heterocycles. The van der Waals surface area contributed by atoms with Gasteiger partial charge >= 0.3 is 0 Å². The van der Waals surface area contributed by atoms with E-state index in [1.165, 1.54) is 6.26 Å². The molecule has 25 heavy (non-hydrogen) atoms. The minimum Gasteiger partial charge on any atom is -0.369 e. The fraction of sp³-hybridized carbons (Fsp3) is 0.632. The lowest BCUT2D eigenvalue weighted by atomic mass is 10.1. The minimum absolute atomic E-state index is 0.00425. The number of carbonyl (C=O) groups excluding carboxylic acids is 1. The van der Waals surface area contributed by atoms with Gasteiger partial charge < -0.3 is 9.80 Å². The summed E-state index contributed by atoms with van der Waals surface area (Å²) in [6.45, 7) is 9.13. The second kappa shape index (κ2) is 7.77. The lowest BCUT2D eigenvalue weighted by Gasteiger charge is -2.30. The standard InChI is InChI=1S/C19H30N2O3S/c1-6-20(14(2)3)17-9-7-16(8-10-17)19(22)21(18-11-12-18)15(4)13-25(5,23)24/h7-10,14-15,18H,6,11-13H2,1-5H3. The van der Waals surface area contributed by atoms with Crippen molar-refractivity contribution in [2.24, 2.45) is 0 Å². The van der Waals surface area contributed by atoms with Gasteiger partial charge in [0.05, 0.1) is 5.75 Å². The van der Waals surface area contributed by atoms with Crippen LogP contribution in [-0.2, 0) is 9.84 Å². The van der Waals surface area contributed by atoms with Crippen LogP contribution in [0.1, 0.15) is 50.9 Å². The van der Waals surface area contributed by atoms with Crippen LogP contribution in [0.5, 0.6) is 0 Å². The van der Waals surface area contributed by atoms with E-state index in [0.717, 1.165) is 25.1 Å². The van der Waals surface area contributed by atoms with E-state index in [9.17, 15) is 13.2 Å². The van der Waals surface area contributed by atoms with E-state index in [4.69, 9.17) is 0 Å². The average Bonchev–Trinajstić information content (AvgIpc) is 3.31. The number of benzene rings is 1. The number of amides is 1. The van der Waals surface area contributed by atoms with Crippen LogP contribution in [0.15, 0.2) is 24.3 Å². The van der Waals surface area contributed by atoms with Crippen molar-refractivity contribution in [2.45, 2.75) is 58.7 Å². The average molecular weight is 367 g/mol. The second-order valence-electron chi connectivity index (χ2n) is 7.31. The number of anilines is 1. The molecule has 6 heteroatoms. The van der Waals surface area contributed by atoms with Crippen molar-refractivity contribution >= 4 is 21.4 Å². The second-order valence-corrected chi connectivity index (χ2v) is 9.50. The molecule has 1 fully saturated rings. The molecule has 1 atom stereocenters. The third-order valence-corrected chi connectivity index (χ3v) is 5.69. The quantitative estimate of drug-likeness (QED) is 0.710. The molecule has 1 unspecified atom stereocenters. The molecule has 1 amide bonds. The zero-order valence-corrected chi connectivity index (χ0v) is 16.7. The Hall–Kier alpha value is -1.56. The topological polar surface area (TPSA) is 57.7 Å². The Bertz CT molecular complexity index is 694. The van der Waals surface area contributed by atoms with Gasteiger partial charge in [-0.15, -0.1) is 0 Å². The molecule has 1 aromatic rings. The molecule has 1 saturated carbocycles. The molecule has 140 valence electrons. The Morgan fingerprint density at radius 1 is 1.16 bits per heavy atom. The first-order chi connectivity index (χ1) is 11.6. The van der Waals surface area contributed by atoms with Crippen LogP contribution in [0.4, 0.5) is 5.69 Å². The molecule has 5 nitrogen and oxygen atoms in total. The van der Waals surface area contributed by atoms with Gasteiger partial charge in [-0.2, -0.15) is 0 Å². The molecule has 0 radical (unpaired) electrons. The van der Waals surface area contributed by atoms with E-state index >= 15 is 0 Å². The maximum atomic E-state index is 13.0. The number of hydrogen-bond acceptors (Lipinski definition) is 4. The van der Waals surface area contributed by atoms with E-state index in [2.05, 4.69) is 25.7 Å². The lowest BCUT2D eigenvalue weighted by Crippen LogP contribution is -2.43. The van der Waals surface area contributed by atoms with E-state index in [1.54, 1.807) is 4.90 Å². The highest BCUT2D eigenvalue weighted by atomic mass is 32.2. The van der Waals surface area contributed by atoms with Crippen LogP contribution in [0.3, 0.4) is 0 Å². The lowest BCUT2D eigenvalue weighted by molar-refractivity contribution is 0.0693. The number of hydrogen-bond donors (Lipinski definition) is 0. The Labute approximate surface area is 151 Å². The molecule has 0 N–H and O–H groups in total. The van der Waals surface area contributed by atoms with Crippen molar-refractivity contribution in [1.29, 1.82) is 0 Å². The normalized spacial score (nSPS) is 15.9. The van der Waals surface area contributed by atoms with Crippen LogP contribution in [0.25, 0.3) is 0 Å². The van der Waals surface area contributed by atoms with Crippen molar-refractivity contribution in [3.05, 3.63) is 29.8 Å². The summed E-state index contributed by atoms with van der Waals surface area (Å²) in [5, 5.41) is 0. The van der Waals surface area contributed by atoms with Gasteiger partial charge in [0.1, 0.15) is 9.84 Å². The van der Waals surface area contributed by atoms with Gasteiger partial charge in [-0.25, -0.2) is 8.42 Å². The van der Waals surface area contributed by atoms with Gasteiger partial charge in [0.25, 0.3) is 5.91 Å². The van der Waals surface area contributed by atoms with Crippen molar-refractivity contribution in [3.63, 3.8) is 0 Å². The number of rotatable bonds is 8. The summed E-state index contributed by atoms with van der Waals surface area (Å²) < 4.78 is 23.2. The molecule has 0 bridgehead atoms. The van der Waals surface area contributed by atoms with Crippen molar-refractivity contribution in [1.82, 2.24) is 4.90 Å². The number of nitrogens with zero attached hydrogens (tertiary/aromatic N) is 2. The number of sulfone groups is 1. The molecule has 1 aliphatic rings. The molecule has 2 rings (SSSR count). The SMILES string of the molecule is CCN(c1ccc(C(=O)N(C(C)CS(C)(=O)=O)C2CC2)cc1)C(C)C. The van der Waals surface area contributed by atoms with Gasteiger partial charge in [0, 0.05) is 42.2 Å². The van der Waals surface area contributed by atoms with Gasteiger partial charge in [-0.1, -0.05) is 0 Å². The maximum absolute atomic E-state index is 13.0. The minimum atomic E-state index is -3.12. The Morgan fingerprint density at radius 3 is 2.12 bits per heavy atom. The van der Waals surface area contributed by atoms with Crippen molar-refractivity contribution < 1.29 is 13.2 Å². The first kappa shape index (κ1) is 19.8. The highest BCUT2D eigenvalue weighted by molar-refractivity contribution is 7.90. The Kier molecular flexibility index (Phi) is 6.14. The van der Waals surface area contributed by atoms with Crippen LogP contribution in [-0.4, -0.2) is 55.9 Å². The predicted octanol–water partition coefficient (Wildman–Crippen LogP) is 2.96. The van der Waals surface area contributed by atoms with E-state index in [0.29, 0.717) is 11.6 Å². The molecular formula is C19H30N2O3S. The Morgan fingerprint density at radius 2 is 1.72 bits per heavy atom. The summed E-state index contributed by atoms with van der Waals surface area (Å²) in [4.78, 5) is 17.0. The zero-order valence-electron chi connectivity index (χ0n) is 15.9. The van der Waals surface area contributed by atoms with Gasteiger partial charge in [0.15, 0.2) is 0 Å². The van der Waals surface area contributed by atoms with Crippen LogP contribution < -0.4 is 4.90 Å². The molecule has 1 aromatic carbocycles. The smallest absolute Gasteiger partial charge is 0.254 e. The highest BCUT2D eigenvalue weighted by Crippen LogP contribution is 2.31. The monoisotopic (exact) mass is 366 g/mol. The van der Waals surface area contributed by atoms with Crippen molar-refractivity contribution in [3.8, 4) is 0 Å².